The molecule has 4 atom stereocenters. The van der Waals surface area contributed by atoms with Crippen molar-refractivity contribution in [3.8, 4) is 0 Å². The molecule has 2 saturated heterocycles. The van der Waals surface area contributed by atoms with E-state index < -0.39 is 23.4 Å². The molecule has 0 spiro atoms. The standard InChI is InChI=1S/C9H16O3/c1-8-4-3-5-9(2,12-8)7(11)6(8)10/h6-7,10-11H,3-5H2,1-2H3/t6-,7+,8+,9-. The molecule has 70 valence electrons. The molecule has 2 fully saturated rings. The first-order valence-electron chi connectivity index (χ1n) is 4.54. The molecule has 2 N–H and O–H groups in total. The molecule has 0 unspecified atom stereocenters. The van der Waals surface area contributed by atoms with E-state index in [4.69, 9.17) is 4.74 Å². The van der Waals surface area contributed by atoms with Crippen molar-refractivity contribution in [2.75, 3.05) is 0 Å². The summed E-state index contributed by atoms with van der Waals surface area (Å²) in [5, 5.41) is 19.4. The summed E-state index contributed by atoms with van der Waals surface area (Å²) in [5.41, 5.74) is -1.02. The summed E-state index contributed by atoms with van der Waals surface area (Å²) in [6, 6.07) is 0. The summed E-state index contributed by atoms with van der Waals surface area (Å²) in [7, 11) is 0. The van der Waals surface area contributed by atoms with Crippen LogP contribution in [-0.2, 0) is 4.74 Å². The van der Waals surface area contributed by atoms with Gasteiger partial charge < -0.3 is 14.9 Å². The zero-order valence-corrected chi connectivity index (χ0v) is 7.58. The molecule has 2 rings (SSSR count). The van der Waals surface area contributed by atoms with E-state index in [0.29, 0.717) is 0 Å². The van der Waals surface area contributed by atoms with Crippen LogP contribution in [0.5, 0.6) is 0 Å². The van der Waals surface area contributed by atoms with Crippen LogP contribution in [0, 0.1) is 0 Å². The lowest BCUT2D eigenvalue weighted by Crippen LogP contribution is -2.39. The minimum absolute atomic E-state index is 0.508. The van der Waals surface area contributed by atoms with E-state index in [1.54, 1.807) is 0 Å². The Hall–Kier alpha value is -0.120. The highest BCUT2D eigenvalue weighted by atomic mass is 16.6. The minimum Gasteiger partial charge on any atom is -0.387 e. The predicted octanol–water partition coefficient (Wildman–Crippen LogP) is 0.440. The molecule has 0 saturated carbocycles. The van der Waals surface area contributed by atoms with Gasteiger partial charge in [-0.15, -0.1) is 0 Å². The van der Waals surface area contributed by atoms with E-state index >= 15 is 0 Å². The zero-order chi connectivity index (χ0) is 8.98. The van der Waals surface area contributed by atoms with E-state index in [1.807, 2.05) is 13.8 Å². The highest BCUT2D eigenvalue weighted by Crippen LogP contribution is 2.47. The maximum Gasteiger partial charge on any atom is 0.111 e. The number of aliphatic hydroxyl groups is 2. The maximum atomic E-state index is 9.72. The van der Waals surface area contributed by atoms with Crippen molar-refractivity contribution in [2.45, 2.75) is 56.5 Å². The minimum atomic E-state index is -0.718. The number of rotatable bonds is 0. The smallest absolute Gasteiger partial charge is 0.111 e. The van der Waals surface area contributed by atoms with Gasteiger partial charge in [0, 0.05) is 0 Å². The predicted molar refractivity (Wildman–Crippen MR) is 43.8 cm³/mol. The number of ether oxygens (including phenoxy) is 1. The molecule has 0 amide bonds. The lowest BCUT2D eigenvalue weighted by molar-refractivity contribution is -0.146. The Morgan fingerprint density at radius 3 is 1.83 bits per heavy atom. The van der Waals surface area contributed by atoms with Crippen molar-refractivity contribution >= 4 is 0 Å². The average Bonchev–Trinajstić information content (AvgIpc) is 2.10. The fourth-order valence-corrected chi connectivity index (χ4v) is 2.51. The van der Waals surface area contributed by atoms with Crippen molar-refractivity contribution in [2.24, 2.45) is 0 Å². The van der Waals surface area contributed by atoms with Crippen LogP contribution < -0.4 is 0 Å². The third-order valence-corrected chi connectivity index (χ3v) is 3.36. The van der Waals surface area contributed by atoms with E-state index in [0.717, 1.165) is 19.3 Å². The highest BCUT2D eigenvalue weighted by Gasteiger charge is 2.59. The van der Waals surface area contributed by atoms with Crippen LogP contribution in [-0.4, -0.2) is 33.6 Å². The lowest BCUT2D eigenvalue weighted by Gasteiger charge is -2.36. The van der Waals surface area contributed by atoms with Crippen LogP contribution in [0.15, 0.2) is 0 Å². The average molecular weight is 172 g/mol. The summed E-state index contributed by atoms with van der Waals surface area (Å²) in [6.07, 6.45) is 1.29. The number of aliphatic hydroxyl groups excluding tert-OH is 2. The SMILES string of the molecule is C[C@]12CCC[C@](C)(O1)[C@H](O)[C@@H]2O. The van der Waals surface area contributed by atoms with E-state index in [9.17, 15) is 10.2 Å². The van der Waals surface area contributed by atoms with Crippen LogP contribution in [0.2, 0.25) is 0 Å². The molecule has 3 nitrogen and oxygen atoms in total. The van der Waals surface area contributed by atoms with Gasteiger partial charge in [-0.25, -0.2) is 0 Å². The molecule has 2 aliphatic heterocycles. The van der Waals surface area contributed by atoms with Crippen molar-refractivity contribution in [3.05, 3.63) is 0 Å². The van der Waals surface area contributed by atoms with Crippen LogP contribution in [0.4, 0.5) is 0 Å². The number of fused-ring (bicyclic) bond motifs is 2. The summed E-state index contributed by atoms with van der Waals surface area (Å²) in [5.74, 6) is 0. The molecule has 2 aliphatic rings. The number of hydrogen-bond acceptors (Lipinski definition) is 3. The summed E-state index contributed by atoms with van der Waals surface area (Å²) in [4.78, 5) is 0. The second-order valence-electron chi connectivity index (χ2n) is 4.47. The summed E-state index contributed by atoms with van der Waals surface area (Å²) in [6.45, 7) is 3.76. The molecule has 0 radical (unpaired) electrons. The molecule has 3 heteroatoms. The molecule has 0 aliphatic carbocycles. The van der Waals surface area contributed by atoms with Gasteiger partial charge >= 0.3 is 0 Å². The normalized spacial score (nSPS) is 59.0. The van der Waals surface area contributed by atoms with Crippen molar-refractivity contribution < 1.29 is 14.9 Å². The quantitative estimate of drug-likeness (QED) is 0.557. The van der Waals surface area contributed by atoms with Gasteiger partial charge in [0.1, 0.15) is 12.2 Å². The Kier molecular flexibility index (Phi) is 1.57. The topological polar surface area (TPSA) is 49.7 Å². The largest absolute Gasteiger partial charge is 0.387 e. The Bertz CT molecular complexity index is 186. The Morgan fingerprint density at radius 2 is 1.50 bits per heavy atom. The second-order valence-corrected chi connectivity index (χ2v) is 4.47. The van der Waals surface area contributed by atoms with E-state index in [-0.39, 0.29) is 0 Å². The van der Waals surface area contributed by atoms with Gasteiger partial charge in [0.05, 0.1) is 11.2 Å². The van der Waals surface area contributed by atoms with Gasteiger partial charge in [0.15, 0.2) is 0 Å². The van der Waals surface area contributed by atoms with Crippen LogP contribution >= 0.6 is 0 Å². The van der Waals surface area contributed by atoms with Gasteiger partial charge in [-0.1, -0.05) is 0 Å². The zero-order valence-electron chi connectivity index (χ0n) is 7.58. The van der Waals surface area contributed by atoms with Crippen LogP contribution in [0.25, 0.3) is 0 Å². The summed E-state index contributed by atoms with van der Waals surface area (Å²) < 4.78 is 5.70. The third-order valence-electron chi connectivity index (χ3n) is 3.36. The van der Waals surface area contributed by atoms with Crippen molar-refractivity contribution in [3.63, 3.8) is 0 Å². The van der Waals surface area contributed by atoms with Gasteiger partial charge in [-0.05, 0) is 33.1 Å². The first kappa shape index (κ1) is 8.48. The molecule has 2 heterocycles. The fraction of sp³-hybridized carbons (Fsp3) is 1.00. The molecule has 0 aromatic carbocycles. The van der Waals surface area contributed by atoms with Crippen molar-refractivity contribution in [1.29, 1.82) is 0 Å². The monoisotopic (exact) mass is 172 g/mol. The van der Waals surface area contributed by atoms with E-state index in [1.165, 1.54) is 0 Å². The Morgan fingerprint density at radius 1 is 1.08 bits per heavy atom. The lowest BCUT2D eigenvalue weighted by atomic mass is 9.94. The van der Waals surface area contributed by atoms with E-state index in [2.05, 4.69) is 0 Å². The molecule has 12 heavy (non-hydrogen) atoms. The van der Waals surface area contributed by atoms with Gasteiger partial charge in [0.2, 0.25) is 0 Å². The molecule has 2 bridgehead atoms. The maximum absolute atomic E-state index is 9.72. The Labute approximate surface area is 72.3 Å². The fourth-order valence-electron chi connectivity index (χ4n) is 2.51. The molecule has 0 aromatic heterocycles. The van der Waals surface area contributed by atoms with Gasteiger partial charge in [-0.3, -0.25) is 0 Å². The van der Waals surface area contributed by atoms with Crippen molar-refractivity contribution in [1.82, 2.24) is 0 Å². The molecule has 0 aromatic rings. The second kappa shape index (κ2) is 2.22. The molecular weight excluding hydrogens is 156 g/mol. The summed E-state index contributed by atoms with van der Waals surface area (Å²) >= 11 is 0. The Balaban J connectivity index is 2.33. The first-order valence-corrected chi connectivity index (χ1v) is 4.54. The van der Waals surface area contributed by atoms with Gasteiger partial charge in [0.25, 0.3) is 0 Å². The third kappa shape index (κ3) is 0.873. The van der Waals surface area contributed by atoms with Crippen LogP contribution in [0.3, 0.4) is 0 Å². The number of hydrogen-bond donors (Lipinski definition) is 2. The molecular formula is C9H16O3. The van der Waals surface area contributed by atoms with Gasteiger partial charge in [-0.2, -0.15) is 0 Å². The van der Waals surface area contributed by atoms with Crippen LogP contribution in [0.1, 0.15) is 33.1 Å². The highest BCUT2D eigenvalue weighted by molar-refractivity contribution is 5.08. The first-order chi connectivity index (χ1) is 5.48.